The largest absolute Gasteiger partial charge is 0.481 e. The first kappa shape index (κ1) is 12.8. The van der Waals surface area contributed by atoms with Gasteiger partial charge < -0.3 is 20.5 Å². The van der Waals surface area contributed by atoms with E-state index in [1.165, 1.54) is 13.3 Å². The number of aliphatic carboxylic acids is 1. The molecule has 92 valence electrons. The smallest absolute Gasteiger partial charge is 0.319 e. The molecular formula is C10H13N3O4. The van der Waals surface area contributed by atoms with Gasteiger partial charge in [0.05, 0.1) is 13.5 Å². The standard InChI is InChI=1S/C10H13N3O4/c1-17-8-6-7(2-4-11-8)13-10(16)12-5-3-9(14)15/h2,4,6H,3,5H2,1H3,(H,14,15)(H2,11,12,13,16). The van der Waals surface area contributed by atoms with Gasteiger partial charge in [-0.25, -0.2) is 9.78 Å². The highest BCUT2D eigenvalue weighted by Crippen LogP contribution is 2.12. The number of nitrogens with zero attached hydrogens (tertiary/aromatic N) is 1. The van der Waals surface area contributed by atoms with Gasteiger partial charge >= 0.3 is 12.0 Å². The minimum atomic E-state index is -0.962. The van der Waals surface area contributed by atoms with E-state index >= 15 is 0 Å². The molecule has 0 aliphatic rings. The van der Waals surface area contributed by atoms with Crippen molar-refractivity contribution in [1.82, 2.24) is 10.3 Å². The van der Waals surface area contributed by atoms with E-state index in [1.54, 1.807) is 12.1 Å². The first-order chi connectivity index (χ1) is 8.11. The number of urea groups is 1. The maximum atomic E-state index is 11.3. The molecule has 1 heterocycles. The van der Waals surface area contributed by atoms with Gasteiger partial charge in [0, 0.05) is 24.5 Å². The topological polar surface area (TPSA) is 101 Å². The third kappa shape index (κ3) is 4.83. The fourth-order valence-electron chi connectivity index (χ4n) is 1.06. The van der Waals surface area contributed by atoms with Crippen molar-refractivity contribution >= 4 is 17.7 Å². The van der Waals surface area contributed by atoms with E-state index in [0.29, 0.717) is 11.6 Å². The number of ether oxygens (including phenoxy) is 1. The van der Waals surface area contributed by atoms with Crippen LogP contribution in [0.25, 0.3) is 0 Å². The average Bonchev–Trinajstić information content (AvgIpc) is 2.28. The molecule has 0 unspecified atom stereocenters. The fraction of sp³-hybridized carbons (Fsp3) is 0.300. The number of carboxylic acids is 1. The van der Waals surface area contributed by atoms with E-state index in [1.807, 2.05) is 0 Å². The number of amides is 2. The molecule has 0 aliphatic carbocycles. The lowest BCUT2D eigenvalue weighted by atomic mass is 10.4. The first-order valence-corrected chi connectivity index (χ1v) is 4.88. The van der Waals surface area contributed by atoms with Crippen LogP contribution in [0.15, 0.2) is 18.3 Å². The maximum absolute atomic E-state index is 11.3. The Morgan fingerprint density at radius 2 is 2.29 bits per heavy atom. The third-order valence-corrected chi connectivity index (χ3v) is 1.83. The number of nitrogens with one attached hydrogen (secondary N) is 2. The molecule has 7 nitrogen and oxygen atoms in total. The van der Waals surface area contributed by atoms with Crippen molar-refractivity contribution in [3.63, 3.8) is 0 Å². The number of carboxylic acid groups (broad SMARTS) is 1. The van der Waals surface area contributed by atoms with Crippen molar-refractivity contribution in [3.05, 3.63) is 18.3 Å². The lowest BCUT2D eigenvalue weighted by Crippen LogP contribution is -2.30. The second-order valence-corrected chi connectivity index (χ2v) is 3.11. The van der Waals surface area contributed by atoms with Crippen LogP contribution in [0.5, 0.6) is 5.88 Å². The molecular weight excluding hydrogens is 226 g/mol. The van der Waals surface area contributed by atoms with Crippen LogP contribution in [0.1, 0.15) is 6.42 Å². The van der Waals surface area contributed by atoms with Gasteiger partial charge in [-0.05, 0) is 6.07 Å². The molecule has 3 N–H and O–H groups in total. The number of carbonyl (C=O) groups is 2. The van der Waals surface area contributed by atoms with Crippen molar-refractivity contribution in [2.24, 2.45) is 0 Å². The summed E-state index contributed by atoms with van der Waals surface area (Å²) in [4.78, 5) is 25.4. The normalized spacial score (nSPS) is 9.47. The zero-order valence-corrected chi connectivity index (χ0v) is 9.27. The predicted octanol–water partition coefficient (Wildman–Crippen LogP) is 0.686. The highest BCUT2D eigenvalue weighted by Gasteiger charge is 2.03. The Morgan fingerprint density at radius 1 is 1.53 bits per heavy atom. The van der Waals surface area contributed by atoms with Gasteiger partial charge in [0.25, 0.3) is 0 Å². The van der Waals surface area contributed by atoms with Crippen LogP contribution in [0.2, 0.25) is 0 Å². The summed E-state index contributed by atoms with van der Waals surface area (Å²) in [6.07, 6.45) is 1.37. The van der Waals surface area contributed by atoms with Gasteiger partial charge in [0.2, 0.25) is 5.88 Å². The van der Waals surface area contributed by atoms with Crippen molar-refractivity contribution in [3.8, 4) is 5.88 Å². The minimum absolute atomic E-state index is 0.0728. The molecule has 0 aromatic carbocycles. The van der Waals surface area contributed by atoms with Crippen LogP contribution in [-0.4, -0.2) is 35.7 Å². The van der Waals surface area contributed by atoms with Crippen molar-refractivity contribution < 1.29 is 19.4 Å². The summed E-state index contributed by atoms with van der Waals surface area (Å²) in [5.74, 6) is -0.579. The molecule has 0 atom stereocenters. The predicted molar refractivity (Wildman–Crippen MR) is 60.1 cm³/mol. The maximum Gasteiger partial charge on any atom is 0.319 e. The van der Waals surface area contributed by atoms with E-state index < -0.39 is 12.0 Å². The van der Waals surface area contributed by atoms with Crippen LogP contribution in [0, 0.1) is 0 Å². The summed E-state index contributed by atoms with van der Waals surface area (Å²) in [6, 6.07) is 2.68. The summed E-state index contributed by atoms with van der Waals surface area (Å²) in [5, 5.41) is 13.3. The number of methoxy groups -OCH3 is 1. The number of anilines is 1. The number of hydrogen-bond donors (Lipinski definition) is 3. The molecule has 0 spiro atoms. The molecule has 0 fully saturated rings. The zero-order valence-electron chi connectivity index (χ0n) is 9.27. The molecule has 0 saturated carbocycles. The number of aromatic nitrogens is 1. The summed E-state index contributed by atoms with van der Waals surface area (Å²) in [6.45, 7) is 0.0728. The Labute approximate surface area is 97.8 Å². The average molecular weight is 239 g/mol. The number of carbonyl (C=O) groups excluding carboxylic acids is 1. The lowest BCUT2D eigenvalue weighted by molar-refractivity contribution is -0.136. The van der Waals surface area contributed by atoms with Gasteiger partial charge in [-0.3, -0.25) is 4.79 Å². The van der Waals surface area contributed by atoms with E-state index in [9.17, 15) is 9.59 Å². The second kappa shape index (κ2) is 6.31. The lowest BCUT2D eigenvalue weighted by Gasteiger charge is -2.07. The van der Waals surface area contributed by atoms with Crippen LogP contribution >= 0.6 is 0 Å². The molecule has 2 amide bonds. The molecule has 17 heavy (non-hydrogen) atoms. The summed E-state index contributed by atoms with van der Waals surface area (Å²) in [5.41, 5.74) is 0.518. The Kier molecular flexibility index (Phi) is 4.74. The molecule has 0 radical (unpaired) electrons. The Bertz CT molecular complexity index is 408. The molecule has 1 aromatic rings. The number of hydrogen-bond acceptors (Lipinski definition) is 4. The van der Waals surface area contributed by atoms with Gasteiger partial charge in [-0.1, -0.05) is 0 Å². The molecule has 7 heteroatoms. The molecule has 0 saturated heterocycles. The molecule has 1 aromatic heterocycles. The van der Waals surface area contributed by atoms with Crippen LogP contribution in [0.4, 0.5) is 10.5 Å². The quantitative estimate of drug-likeness (QED) is 0.701. The number of rotatable bonds is 5. The van der Waals surface area contributed by atoms with E-state index in [2.05, 4.69) is 15.6 Å². The van der Waals surface area contributed by atoms with Gasteiger partial charge in [0.1, 0.15) is 0 Å². The van der Waals surface area contributed by atoms with E-state index in [-0.39, 0.29) is 13.0 Å². The van der Waals surface area contributed by atoms with Gasteiger partial charge in [-0.15, -0.1) is 0 Å². The minimum Gasteiger partial charge on any atom is -0.481 e. The van der Waals surface area contributed by atoms with Crippen molar-refractivity contribution in [2.75, 3.05) is 19.0 Å². The Balaban J connectivity index is 2.42. The van der Waals surface area contributed by atoms with Crippen LogP contribution in [-0.2, 0) is 4.79 Å². The number of pyridine rings is 1. The summed E-state index contributed by atoms with van der Waals surface area (Å²) < 4.78 is 4.89. The highest BCUT2D eigenvalue weighted by atomic mass is 16.5. The highest BCUT2D eigenvalue weighted by molar-refractivity contribution is 5.89. The van der Waals surface area contributed by atoms with E-state index in [0.717, 1.165) is 0 Å². The molecule has 0 bridgehead atoms. The Hall–Kier alpha value is -2.31. The molecule has 1 rings (SSSR count). The van der Waals surface area contributed by atoms with Crippen molar-refractivity contribution in [1.29, 1.82) is 0 Å². The third-order valence-electron chi connectivity index (χ3n) is 1.83. The van der Waals surface area contributed by atoms with Gasteiger partial charge in [0.15, 0.2) is 0 Å². The van der Waals surface area contributed by atoms with Crippen LogP contribution in [0.3, 0.4) is 0 Å². The summed E-state index contributed by atoms with van der Waals surface area (Å²) in [7, 11) is 1.47. The van der Waals surface area contributed by atoms with E-state index in [4.69, 9.17) is 9.84 Å². The Morgan fingerprint density at radius 3 is 2.94 bits per heavy atom. The van der Waals surface area contributed by atoms with Crippen molar-refractivity contribution in [2.45, 2.75) is 6.42 Å². The molecule has 0 aliphatic heterocycles. The first-order valence-electron chi connectivity index (χ1n) is 4.88. The van der Waals surface area contributed by atoms with Gasteiger partial charge in [-0.2, -0.15) is 0 Å². The van der Waals surface area contributed by atoms with Crippen LogP contribution < -0.4 is 15.4 Å². The summed E-state index contributed by atoms with van der Waals surface area (Å²) >= 11 is 0. The SMILES string of the molecule is COc1cc(NC(=O)NCCC(=O)O)ccn1. The second-order valence-electron chi connectivity index (χ2n) is 3.11. The fourth-order valence-corrected chi connectivity index (χ4v) is 1.06. The monoisotopic (exact) mass is 239 g/mol. The zero-order chi connectivity index (χ0) is 12.7.